The molecular formula is C9H15N2OP. The van der Waals surface area contributed by atoms with E-state index in [0.717, 1.165) is 24.3 Å². The first kappa shape index (κ1) is 10.3. The number of hydrogen-bond acceptors (Lipinski definition) is 3. The Morgan fingerprint density at radius 1 is 1.38 bits per heavy atom. The lowest BCUT2D eigenvalue weighted by Crippen LogP contribution is -2.13. The van der Waals surface area contributed by atoms with Gasteiger partial charge in [-0.3, -0.25) is 5.09 Å². The average Bonchev–Trinajstić information content (AvgIpc) is 2.12. The smallest absolute Gasteiger partial charge is 0.118 e. The number of phenolic OH excluding ortho intramolecular Hbond substituents is 1. The van der Waals surface area contributed by atoms with Gasteiger partial charge < -0.3 is 10.4 Å². The van der Waals surface area contributed by atoms with Crippen LogP contribution in [-0.4, -0.2) is 18.2 Å². The van der Waals surface area contributed by atoms with Crippen molar-refractivity contribution >= 4 is 15.1 Å². The second-order valence-electron chi connectivity index (χ2n) is 2.88. The Hall–Kier alpha value is -0.790. The van der Waals surface area contributed by atoms with E-state index < -0.39 is 0 Å². The molecule has 0 radical (unpaired) electrons. The minimum absolute atomic E-state index is 0.342. The Bertz CT molecular complexity index is 278. The maximum absolute atomic E-state index is 9.27. The highest BCUT2D eigenvalue weighted by atomic mass is 31.0. The molecule has 1 unspecified atom stereocenters. The molecule has 1 rings (SSSR count). The maximum atomic E-state index is 9.27. The molecule has 13 heavy (non-hydrogen) atoms. The van der Waals surface area contributed by atoms with Crippen molar-refractivity contribution in [3.05, 3.63) is 23.8 Å². The Labute approximate surface area is 80.8 Å². The van der Waals surface area contributed by atoms with Crippen LogP contribution in [0.3, 0.4) is 0 Å². The van der Waals surface area contributed by atoms with Crippen LogP contribution in [0.4, 0.5) is 5.69 Å². The monoisotopic (exact) mass is 198 g/mol. The molecule has 0 aliphatic heterocycles. The van der Waals surface area contributed by atoms with Crippen LogP contribution in [0, 0.1) is 6.92 Å². The zero-order valence-corrected chi connectivity index (χ0v) is 8.83. The molecule has 0 saturated heterocycles. The summed E-state index contributed by atoms with van der Waals surface area (Å²) in [6.07, 6.45) is 0. The molecule has 3 nitrogen and oxygen atoms in total. The third-order valence-corrected chi connectivity index (χ3v) is 2.08. The third-order valence-electron chi connectivity index (χ3n) is 1.80. The highest BCUT2D eigenvalue weighted by Crippen LogP contribution is 2.19. The molecule has 0 aliphatic rings. The number of rotatable bonds is 4. The van der Waals surface area contributed by atoms with E-state index in [0.29, 0.717) is 5.75 Å². The fourth-order valence-corrected chi connectivity index (χ4v) is 1.19. The van der Waals surface area contributed by atoms with Crippen LogP contribution in [0.2, 0.25) is 0 Å². The van der Waals surface area contributed by atoms with Crippen LogP contribution in [0.5, 0.6) is 5.75 Å². The average molecular weight is 198 g/mol. The van der Waals surface area contributed by atoms with E-state index in [2.05, 4.69) is 19.8 Å². The third kappa shape index (κ3) is 3.21. The van der Waals surface area contributed by atoms with Gasteiger partial charge in [0.05, 0.1) is 0 Å². The van der Waals surface area contributed by atoms with Crippen molar-refractivity contribution < 1.29 is 5.11 Å². The van der Waals surface area contributed by atoms with Gasteiger partial charge in [0.1, 0.15) is 5.75 Å². The summed E-state index contributed by atoms with van der Waals surface area (Å²) in [6.45, 7) is 3.65. The molecule has 0 aliphatic carbocycles. The van der Waals surface area contributed by atoms with Gasteiger partial charge in [-0.15, -0.1) is 0 Å². The largest absolute Gasteiger partial charge is 0.508 e. The number of hydrogen-bond donors (Lipinski definition) is 3. The standard InChI is InChI=1S/C9H15N2OP/c1-7-6-8(2-3-9(7)12)10-4-5-11-13/h2-3,6,10-12H,4-5,13H2,1H3. The van der Waals surface area contributed by atoms with Gasteiger partial charge in [-0.1, -0.05) is 9.39 Å². The molecule has 72 valence electrons. The zero-order chi connectivity index (χ0) is 9.68. The van der Waals surface area contributed by atoms with Crippen LogP contribution in [0.1, 0.15) is 5.56 Å². The van der Waals surface area contributed by atoms with Crippen molar-refractivity contribution in [1.29, 1.82) is 0 Å². The Balaban J connectivity index is 2.53. The van der Waals surface area contributed by atoms with Crippen molar-refractivity contribution in [2.75, 3.05) is 18.4 Å². The number of phenols is 1. The highest BCUT2D eigenvalue weighted by Gasteiger charge is 1.96. The van der Waals surface area contributed by atoms with Crippen molar-refractivity contribution in [3.8, 4) is 5.75 Å². The summed E-state index contributed by atoms with van der Waals surface area (Å²) in [5.41, 5.74) is 1.93. The van der Waals surface area contributed by atoms with E-state index in [1.54, 1.807) is 6.07 Å². The van der Waals surface area contributed by atoms with Gasteiger partial charge in [0.15, 0.2) is 0 Å². The summed E-state index contributed by atoms with van der Waals surface area (Å²) in [6, 6.07) is 5.50. The first-order chi connectivity index (χ1) is 6.24. The van der Waals surface area contributed by atoms with Crippen molar-refractivity contribution in [1.82, 2.24) is 5.09 Å². The molecule has 0 heterocycles. The molecule has 0 saturated carbocycles. The van der Waals surface area contributed by atoms with Gasteiger partial charge in [0, 0.05) is 18.8 Å². The van der Waals surface area contributed by atoms with Gasteiger partial charge in [-0.25, -0.2) is 0 Å². The zero-order valence-electron chi connectivity index (χ0n) is 7.67. The highest BCUT2D eigenvalue weighted by molar-refractivity contribution is 7.13. The predicted molar refractivity (Wildman–Crippen MR) is 59.0 cm³/mol. The van der Waals surface area contributed by atoms with Crippen LogP contribution >= 0.6 is 9.39 Å². The predicted octanol–water partition coefficient (Wildman–Crippen LogP) is 1.49. The molecule has 0 amide bonds. The van der Waals surface area contributed by atoms with E-state index in [4.69, 9.17) is 0 Å². The molecular weight excluding hydrogens is 183 g/mol. The lowest BCUT2D eigenvalue weighted by Gasteiger charge is -2.07. The summed E-state index contributed by atoms with van der Waals surface area (Å²) >= 11 is 0. The fraction of sp³-hybridized carbons (Fsp3) is 0.333. The normalized spacial score (nSPS) is 10.0. The quantitative estimate of drug-likeness (QED) is 0.390. The first-order valence-electron chi connectivity index (χ1n) is 4.21. The first-order valence-corrected chi connectivity index (χ1v) is 4.78. The minimum Gasteiger partial charge on any atom is -0.508 e. The summed E-state index contributed by atoms with van der Waals surface area (Å²) in [4.78, 5) is 0. The van der Waals surface area contributed by atoms with Crippen molar-refractivity contribution in [3.63, 3.8) is 0 Å². The van der Waals surface area contributed by atoms with Crippen molar-refractivity contribution in [2.45, 2.75) is 6.92 Å². The van der Waals surface area contributed by atoms with E-state index in [1.165, 1.54) is 0 Å². The van der Waals surface area contributed by atoms with E-state index in [1.807, 2.05) is 19.1 Å². The van der Waals surface area contributed by atoms with Gasteiger partial charge in [0.25, 0.3) is 0 Å². The molecule has 0 fully saturated rings. The van der Waals surface area contributed by atoms with Crippen LogP contribution < -0.4 is 10.4 Å². The molecule has 1 aromatic carbocycles. The second-order valence-corrected chi connectivity index (χ2v) is 3.29. The van der Waals surface area contributed by atoms with Gasteiger partial charge in [-0.05, 0) is 30.7 Å². The molecule has 1 atom stereocenters. The van der Waals surface area contributed by atoms with E-state index >= 15 is 0 Å². The fourth-order valence-electron chi connectivity index (χ4n) is 1.04. The SMILES string of the molecule is Cc1cc(NCCNP)ccc1O. The van der Waals surface area contributed by atoms with Gasteiger partial charge in [0.2, 0.25) is 0 Å². The lowest BCUT2D eigenvalue weighted by atomic mass is 10.2. The van der Waals surface area contributed by atoms with E-state index in [9.17, 15) is 5.11 Å². The Kier molecular flexibility index (Phi) is 4.00. The second kappa shape index (κ2) is 5.05. The maximum Gasteiger partial charge on any atom is 0.118 e. The Morgan fingerprint density at radius 2 is 2.15 bits per heavy atom. The van der Waals surface area contributed by atoms with E-state index in [-0.39, 0.29) is 0 Å². The number of aromatic hydroxyl groups is 1. The number of anilines is 1. The molecule has 0 aromatic heterocycles. The number of aryl methyl sites for hydroxylation is 1. The summed E-state index contributed by atoms with van der Waals surface area (Å²) < 4.78 is 0. The summed E-state index contributed by atoms with van der Waals surface area (Å²) in [5, 5.41) is 15.5. The topological polar surface area (TPSA) is 44.3 Å². The van der Waals surface area contributed by atoms with Gasteiger partial charge in [-0.2, -0.15) is 0 Å². The minimum atomic E-state index is 0.342. The lowest BCUT2D eigenvalue weighted by molar-refractivity contribution is 0.471. The van der Waals surface area contributed by atoms with Gasteiger partial charge >= 0.3 is 0 Å². The molecule has 0 bridgehead atoms. The number of benzene rings is 1. The molecule has 3 N–H and O–H groups in total. The van der Waals surface area contributed by atoms with Crippen LogP contribution in [0.15, 0.2) is 18.2 Å². The summed E-state index contributed by atoms with van der Waals surface area (Å²) in [5.74, 6) is 0.342. The molecule has 4 heteroatoms. The molecule has 0 spiro atoms. The number of nitrogens with one attached hydrogen (secondary N) is 2. The summed E-state index contributed by atoms with van der Waals surface area (Å²) in [7, 11) is 2.45. The van der Waals surface area contributed by atoms with Crippen molar-refractivity contribution in [2.24, 2.45) is 0 Å². The van der Waals surface area contributed by atoms with Crippen LogP contribution in [0.25, 0.3) is 0 Å². The van der Waals surface area contributed by atoms with Crippen LogP contribution in [-0.2, 0) is 0 Å². The molecule has 1 aromatic rings. The Morgan fingerprint density at radius 3 is 2.77 bits per heavy atom.